The molecule has 0 amide bonds. The van der Waals surface area contributed by atoms with Crippen molar-refractivity contribution in [3.8, 4) is 0 Å². The van der Waals surface area contributed by atoms with E-state index in [-0.39, 0.29) is 17.8 Å². The Balaban J connectivity index is 1.24. The van der Waals surface area contributed by atoms with Crippen molar-refractivity contribution in [2.75, 3.05) is 37.3 Å². The SMILES string of the molecule is COCCS(=O)(=O)Nc1cccc(C23CCCC(C2)N(CC2(O)CC(c4ccccc4)C2)CC3)c1. The third-order valence-corrected chi connectivity index (χ3v) is 9.79. The fraction of sp³-hybridized carbons (Fsp3) is 0.571. The molecule has 1 aliphatic heterocycles. The van der Waals surface area contributed by atoms with Gasteiger partial charge in [0.25, 0.3) is 0 Å². The quantitative estimate of drug-likeness (QED) is 0.540. The lowest BCUT2D eigenvalue weighted by Crippen LogP contribution is -2.58. The Kier molecular flexibility index (Phi) is 6.96. The molecule has 190 valence electrons. The summed E-state index contributed by atoms with van der Waals surface area (Å²) in [6.07, 6.45) is 7.27. The van der Waals surface area contributed by atoms with Crippen LogP contribution >= 0.6 is 0 Å². The van der Waals surface area contributed by atoms with E-state index in [4.69, 9.17) is 4.74 Å². The molecule has 2 aromatic rings. The summed E-state index contributed by atoms with van der Waals surface area (Å²) in [4.78, 5) is 2.54. The lowest BCUT2D eigenvalue weighted by atomic mass is 9.62. The van der Waals surface area contributed by atoms with Gasteiger partial charge in [-0.25, -0.2) is 8.42 Å². The molecule has 1 heterocycles. The average molecular weight is 499 g/mol. The monoisotopic (exact) mass is 498 g/mol. The fourth-order valence-corrected chi connectivity index (χ4v) is 7.66. The van der Waals surface area contributed by atoms with E-state index in [9.17, 15) is 13.5 Å². The van der Waals surface area contributed by atoms with Crippen LogP contribution in [0.15, 0.2) is 54.6 Å². The molecule has 0 aromatic heterocycles. The maximum absolute atomic E-state index is 12.4. The second kappa shape index (κ2) is 9.85. The zero-order chi connectivity index (χ0) is 24.5. The van der Waals surface area contributed by atoms with Gasteiger partial charge in [-0.3, -0.25) is 9.62 Å². The van der Waals surface area contributed by atoms with Crippen molar-refractivity contribution in [1.29, 1.82) is 0 Å². The van der Waals surface area contributed by atoms with E-state index in [2.05, 4.69) is 40.0 Å². The Labute approximate surface area is 209 Å². The number of rotatable bonds is 9. The molecule has 2 bridgehead atoms. The standard InChI is InChI=1S/C28H38N2O4S/c1-34-15-16-35(32,33)29-25-10-5-9-24(17-25)27-12-6-11-26(20-27)30(14-13-27)21-28(31)18-23(19-28)22-7-3-2-4-8-22/h2-5,7-10,17,23,26,29,31H,6,11-16,18-21H2,1H3. The Morgan fingerprint density at radius 2 is 1.89 bits per heavy atom. The van der Waals surface area contributed by atoms with Crippen molar-refractivity contribution < 1.29 is 18.3 Å². The van der Waals surface area contributed by atoms with Crippen molar-refractivity contribution in [3.05, 3.63) is 65.7 Å². The van der Waals surface area contributed by atoms with Crippen LogP contribution in [0.5, 0.6) is 0 Å². The van der Waals surface area contributed by atoms with Crippen LogP contribution in [0.4, 0.5) is 5.69 Å². The first-order chi connectivity index (χ1) is 16.8. The molecule has 3 fully saturated rings. The number of fused-ring (bicyclic) bond motifs is 2. The van der Waals surface area contributed by atoms with Crippen molar-refractivity contribution in [3.63, 3.8) is 0 Å². The molecule has 2 saturated carbocycles. The summed E-state index contributed by atoms with van der Waals surface area (Å²) in [7, 11) is -1.92. The average Bonchev–Trinajstić information content (AvgIpc) is 2.84. The number of sulfonamides is 1. The minimum atomic E-state index is -3.43. The van der Waals surface area contributed by atoms with E-state index in [0.717, 1.165) is 51.6 Å². The molecule has 2 aliphatic carbocycles. The number of hydrogen-bond donors (Lipinski definition) is 2. The van der Waals surface area contributed by atoms with E-state index < -0.39 is 15.6 Å². The summed E-state index contributed by atoms with van der Waals surface area (Å²) in [5.41, 5.74) is 2.71. The predicted octanol–water partition coefficient (Wildman–Crippen LogP) is 4.27. The van der Waals surface area contributed by atoms with Gasteiger partial charge in [0.05, 0.1) is 18.0 Å². The molecular weight excluding hydrogens is 460 g/mol. The topological polar surface area (TPSA) is 78.9 Å². The number of aliphatic hydroxyl groups is 1. The number of anilines is 1. The summed E-state index contributed by atoms with van der Waals surface area (Å²) >= 11 is 0. The second-order valence-electron chi connectivity index (χ2n) is 11.0. The van der Waals surface area contributed by atoms with E-state index in [1.165, 1.54) is 24.7 Å². The van der Waals surface area contributed by atoms with Gasteiger partial charge in [0.15, 0.2) is 0 Å². The van der Waals surface area contributed by atoms with Gasteiger partial charge in [0.2, 0.25) is 10.0 Å². The van der Waals surface area contributed by atoms with Gasteiger partial charge in [-0.2, -0.15) is 0 Å². The minimum Gasteiger partial charge on any atom is -0.389 e. The summed E-state index contributed by atoms with van der Waals surface area (Å²) in [5.74, 6) is 0.413. The van der Waals surface area contributed by atoms with Gasteiger partial charge < -0.3 is 9.84 Å². The van der Waals surface area contributed by atoms with Gasteiger partial charge in [-0.05, 0) is 79.7 Å². The first kappa shape index (κ1) is 24.8. The second-order valence-corrected chi connectivity index (χ2v) is 12.8. The molecule has 2 N–H and O–H groups in total. The van der Waals surface area contributed by atoms with Gasteiger partial charge in [-0.1, -0.05) is 48.9 Å². The van der Waals surface area contributed by atoms with Gasteiger partial charge in [-0.15, -0.1) is 0 Å². The molecule has 2 aromatic carbocycles. The van der Waals surface area contributed by atoms with Crippen LogP contribution in [0.2, 0.25) is 0 Å². The number of likely N-dealkylation sites (tertiary alicyclic amines) is 1. The highest BCUT2D eigenvalue weighted by molar-refractivity contribution is 7.92. The van der Waals surface area contributed by atoms with Crippen molar-refractivity contribution >= 4 is 15.7 Å². The number of hydrogen-bond acceptors (Lipinski definition) is 5. The molecule has 6 nitrogen and oxygen atoms in total. The molecule has 0 radical (unpaired) electrons. The van der Waals surface area contributed by atoms with Gasteiger partial charge >= 0.3 is 0 Å². The highest BCUT2D eigenvalue weighted by atomic mass is 32.2. The fourth-order valence-electron chi connectivity index (χ4n) is 6.69. The number of ether oxygens (including phenoxy) is 1. The van der Waals surface area contributed by atoms with Crippen molar-refractivity contribution in [1.82, 2.24) is 4.90 Å². The first-order valence-corrected chi connectivity index (χ1v) is 14.6. The van der Waals surface area contributed by atoms with E-state index in [0.29, 0.717) is 17.6 Å². The predicted molar refractivity (Wildman–Crippen MR) is 139 cm³/mol. The number of β-amino-alcohol motifs (C(OH)–C–C–N with tert-alkyl or cyclic N) is 1. The number of methoxy groups -OCH3 is 1. The molecule has 5 rings (SSSR count). The molecule has 2 atom stereocenters. The van der Waals surface area contributed by atoms with Crippen LogP contribution in [-0.2, 0) is 20.2 Å². The lowest BCUT2D eigenvalue weighted by molar-refractivity contribution is -0.0930. The largest absolute Gasteiger partial charge is 0.389 e. The molecule has 7 heteroatoms. The Morgan fingerprint density at radius 1 is 1.09 bits per heavy atom. The first-order valence-electron chi connectivity index (χ1n) is 12.9. The third kappa shape index (κ3) is 5.43. The summed E-state index contributed by atoms with van der Waals surface area (Å²) in [6.45, 7) is 1.91. The number of piperidine rings is 1. The summed E-state index contributed by atoms with van der Waals surface area (Å²) in [5, 5.41) is 11.3. The zero-order valence-electron chi connectivity index (χ0n) is 20.7. The number of nitrogens with one attached hydrogen (secondary N) is 1. The highest BCUT2D eigenvalue weighted by Gasteiger charge is 2.49. The molecular formula is C28H38N2O4S. The van der Waals surface area contributed by atoms with Gasteiger partial charge in [0.1, 0.15) is 0 Å². The molecule has 35 heavy (non-hydrogen) atoms. The van der Waals surface area contributed by atoms with E-state index in [1.807, 2.05) is 24.3 Å². The number of benzene rings is 2. The van der Waals surface area contributed by atoms with Crippen molar-refractivity contribution in [2.24, 2.45) is 0 Å². The van der Waals surface area contributed by atoms with E-state index >= 15 is 0 Å². The highest BCUT2D eigenvalue weighted by Crippen LogP contribution is 2.50. The summed E-state index contributed by atoms with van der Waals surface area (Å²) < 4.78 is 32.4. The van der Waals surface area contributed by atoms with Gasteiger partial charge in [0, 0.05) is 25.4 Å². The zero-order valence-corrected chi connectivity index (χ0v) is 21.5. The molecule has 0 spiro atoms. The Morgan fingerprint density at radius 3 is 2.66 bits per heavy atom. The maximum Gasteiger partial charge on any atom is 0.234 e. The summed E-state index contributed by atoms with van der Waals surface area (Å²) in [6, 6.07) is 19.0. The normalized spacial score (nSPS) is 31.0. The molecule has 2 unspecified atom stereocenters. The van der Waals surface area contributed by atoms with Crippen LogP contribution in [0.1, 0.15) is 62.0 Å². The van der Waals surface area contributed by atoms with Crippen molar-refractivity contribution in [2.45, 2.75) is 67.9 Å². The Bertz CT molecular complexity index is 1120. The smallest absolute Gasteiger partial charge is 0.234 e. The Hall–Kier alpha value is -1.93. The molecule has 3 aliphatic rings. The van der Waals surface area contributed by atoms with Crippen LogP contribution in [0, 0.1) is 0 Å². The molecule has 1 saturated heterocycles. The third-order valence-electron chi connectivity index (χ3n) is 8.54. The minimum absolute atomic E-state index is 0.0516. The van der Waals surface area contributed by atoms with Crippen LogP contribution in [0.3, 0.4) is 0 Å². The van der Waals surface area contributed by atoms with Crippen LogP contribution < -0.4 is 4.72 Å². The maximum atomic E-state index is 12.4. The van der Waals surface area contributed by atoms with Crippen LogP contribution in [0.25, 0.3) is 0 Å². The number of nitrogens with zero attached hydrogens (tertiary/aromatic N) is 1. The van der Waals surface area contributed by atoms with Crippen LogP contribution in [-0.4, -0.2) is 62.6 Å². The van der Waals surface area contributed by atoms with E-state index in [1.54, 1.807) is 0 Å². The lowest BCUT2D eigenvalue weighted by Gasteiger charge is -2.54.